The van der Waals surface area contributed by atoms with Crippen LogP contribution in [0.3, 0.4) is 0 Å². The molecule has 4 nitrogen and oxygen atoms in total. The van der Waals surface area contributed by atoms with Crippen LogP contribution in [0.1, 0.15) is 0 Å². The molecular formula is C46H27N3O. The van der Waals surface area contributed by atoms with Gasteiger partial charge in [-0.05, 0) is 73.8 Å². The fraction of sp³-hybridized carbons (Fsp3) is 0. The van der Waals surface area contributed by atoms with Gasteiger partial charge in [-0.3, -0.25) is 4.57 Å². The normalized spacial score (nSPS) is 12.0. The number of hydrogen-bond acceptors (Lipinski definition) is 3. The van der Waals surface area contributed by atoms with Crippen LogP contribution in [0.2, 0.25) is 0 Å². The molecule has 0 spiro atoms. The predicted octanol–water partition coefficient (Wildman–Crippen LogP) is 12.3. The lowest BCUT2D eigenvalue weighted by molar-refractivity contribution is 0.667. The summed E-state index contributed by atoms with van der Waals surface area (Å²) in [5, 5.41) is 10.5. The van der Waals surface area contributed by atoms with Crippen LogP contribution in [0.5, 0.6) is 0 Å². The van der Waals surface area contributed by atoms with Gasteiger partial charge >= 0.3 is 0 Å². The Hall–Kier alpha value is -6.78. The molecule has 8 aromatic carbocycles. The summed E-state index contributed by atoms with van der Waals surface area (Å²) in [4.78, 5) is 10.7. The van der Waals surface area contributed by atoms with Gasteiger partial charge in [0.15, 0.2) is 5.58 Å². The third-order valence-corrected chi connectivity index (χ3v) is 10.2. The summed E-state index contributed by atoms with van der Waals surface area (Å²) < 4.78 is 8.85. The van der Waals surface area contributed by atoms with Crippen molar-refractivity contribution in [2.45, 2.75) is 0 Å². The number of benzene rings is 8. The molecule has 0 fully saturated rings. The van der Waals surface area contributed by atoms with Gasteiger partial charge in [0.05, 0.1) is 16.4 Å². The second-order valence-electron chi connectivity index (χ2n) is 13.0. The summed E-state index contributed by atoms with van der Waals surface area (Å²) in [6.07, 6.45) is 0. The second-order valence-corrected chi connectivity index (χ2v) is 13.0. The Morgan fingerprint density at radius 2 is 1.04 bits per heavy atom. The molecule has 11 rings (SSSR count). The molecule has 4 heteroatoms. The molecule has 11 aromatic rings. The molecule has 0 amide bonds. The highest BCUT2D eigenvalue weighted by atomic mass is 16.3. The Morgan fingerprint density at radius 3 is 1.86 bits per heavy atom. The first-order valence-electron chi connectivity index (χ1n) is 16.9. The van der Waals surface area contributed by atoms with E-state index < -0.39 is 0 Å². The van der Waals surface area contributed by atoms with E-state index in [1.54, 1.807) is 0 Å². The Labute approximate surface area is 286 Å². The zero-order chi connectivity index (χ0) is 32.8. The van der Waals surface area contributed by atoms with E-state index in [9.17, 15) is 0 Å². The summed E-state index contributed by atoms with van der Waals surface area (Å²) >= 11 is 0. The van der Waals surface area contributed by atoms with Gasteiger partial charge in [0, 0.05) is 16.3 Å². The monoisotopic (exact) mass is 637 g/mol. The number of hydrogen-bond donors (Lipinski definition) is 0. The number of rotatable bonds is 3. The molecule has 0 atom stereocenters. The quantitative estimate of drug-likeness (QED) is 0.194. The van der Waals surface area contributed by atoms with Crippen molar-refractivity contribution in [3.63, 3.8) is 0 Å². The maximum atomic E-state index is 6.61. The minimum Gasteiger partial charge on any atom is -0.452 e. The predicted molar refractivity (Wildman–Crippen MR) is 207 cm³/mol. The van der Waals surface area contributed by atoms with Gasteiger partial charge in [0.25, 0.3) is 0 Å². The average molecular weight is 638 g/mol. The van der Waals surface area contributed by atoms with Crippen molar-refractivity contribution < 1.29 is 4.42 Å². The molecule has 0 N–H and O–H groups in total. The molecule has 0 aliphatic heterocycles. The van der Waals surface area contributed by atoms with Crippen LogP contribution in [-0.2, 0) is 0 Å². The van der Waals surface area contributed by atoms with Gasteiger partial charge in [-0.25, -0.2) is 9.97 Å². The van der Waals surface area contributed by atoms with Crippen LogP contribution < -0.4 is 0 Å². The smallest absolute Gasteiger partial charge is 0.236 e. The first-order chi connectivity index (χ1) is 24.8. The number of aromatic nitrogens is 3. The summed E-state index contributed by atoms with van der Waals surface area (Å²) in [6.45, 7) is 0. The van der Waals surface area contributed by atoms with E-state index >= 15 is 0 Å². The highest BCUT2D eigenvalue weighted by Crippen LogP contribution is 2.42. The minimum atomic E-state index is 0.612. The van der Waals surface area contributed by atoms with Gasteiger partial charge in [-0.15, -0.1) is 0 Å². The standard InChI is InChI=1S/C46H27N3O/c1-2-13-31(14-3-1)43-45-44(42-36-17-9-7-12-30(36)22-25-40(42)50-45)48-46(47-43)49-38-23-21-34(33-19-18-28-10-4-5-15-32(28)26-33)27-37(38)41-35-16-8-6-11-29(35)20-24-39(41)49/h1-27H. The molecule has 0 bridgehead atoms. The van der Waals surface area contributed by atoms with Crippen LogP contribution in [0, 0.1) is 0 Å². The summed E-state index contributed by atoms with van der Waals surface area (Å²) in [5.74, 6) is 0.612. The second kappa shape index (κ2) is 10.4. The zero-order valence-corrected chi connectivity index (χ0v) is 26.8. The maximum absolute atomic E-state index is 6.61. The molecule has 3 heterocycles. The molecule has 0 radical (unpaired) electrons. The van der Waals surface area contributed by atoms with Gasteiger partial charge < -0.3 is 4.42 Å². The minimum absolute atomic E-state index is 0.612. The lowest BCUT2D eigenvalue weighted by Crippen LogP contribution is -2.03. The van der Waals surface area contributed by atoms with Crippen LogP contribution in [-0.4, -0.2) is 14.5 Å². The highest BCUT2D eigenvalue weighted by Gasteiger charge is 2.23. The SMILES string of the molecule is c1ccc(-c2nc(-n3c4ccc(-c5ccc6ccccc6c5)cc4c4c5ccccc5ccc43)nc3c2oc2ccc4ccccc4c23)cc1. The van der Waals surface area contributed by atoms with E-state index in [0.29, 0.717) is 11.5 Å². The Bertz CT molecular complexity index is 3150. The molecule has 0 saturated heterocycles. The van der Waals surface area contributed by atoms with Crippen molar-refractivity contribution in [1.82, 2.24) is 14.5 Å². The fourth-order valence-electron chi connectivity index (χ4n) is 7.84. The van der Waals surface area contributed by atoms with Crippen molar-refractivity contribution in [1.29, 1.82) is 0 Å². The number of fused-ring (bicyclic) bond motifs is 11. The average Bonchev–Trinajstić information content (AvgIpc) is 3.73. The van der Waals surface area contributed by atoms with Gasteiger partial charge in [0.2, 0.25) is 5.95 Å². The van der Waals surface area contributed by atoms with E-state index in [1.807, 2.05) is 18.2 Å². The third kappa shape index (κ3) is 3.93. The summed E-state index contributed by atoms with van der Waals surface area (Å²) in [6, 6.07) is 58.0. The first-order valence-corrected chi connectivity index (χ1v) is 16.9. The van der Waals surface area contributed by atoms with E-state index in [1.165, 1.54) is 38.1 Å². The molecule has 50 heavy (non-hydrogen) atoms. The molecule has 0 saturated carbocycles. The van der Waals surface area contributed by atoms with E-state index in [0.717, 1.165) is 54.9 Å². The first kappa shape index (κ1) is 27.2. The lowest BCUT2D eigenvalue weighted by atomic mass is 9.98. The van der Waals surface area contributed by atoms with Crippen LogP contribution in [0.25, 0.3) is 105 Å². The molecule has 3 aromatic heterocycles. The Balaban J connectivity index is 1.26. The van der Waals surface area contributed by atoms with E-state index in [2.05, 4.69) is 150 Å². The lowest BCUT2D eigenvalue weighted by Gasteiger charge is -2.10. The highest BCUT2D eigenvalue weighted by molar-refractivity contribution is 6.22. The molecule has 232 valence electrons. The van der Waals surface area contributed by atoms with Crippen molar-refractivity contribution in [3.8, 4) is 28.3 Å². The van der Waals surface area contributed by atoms with Crippen LogP contribution in [0.15, 0.2) is 168 Å². The fourth-order valence-corrected chi connectivity index (χ4v) is 7.84. The van der Waals surface area contributed by atoms with Crippen molar-refractivity contribution in [2.24, 2.45) is 0 Å². The van der Waals surface area contributed by atoms with Gasteiger partial charge in [-0.1, -0.05) is 133 Å². The summed E-state index contributed by atoms with van der Waals surface area (Å²) in [7, 11) is 0. The topological polar surface area (TPSA) is 43.9 Å². The van der Waals surface area contributed by atoms with Crippen molar-refractivity contribution in [2.75, 3.05) is 0 Å². The Morgan fingerprint density at radius 1 is 0.420 bits per heavy atom. The number of furan rings is 1. The van der Waals surface area contributed by atoms with Gasteiger partial charge in [0.1, 0.15) is 16.8 Å². The van der Waals surface area contributed by atoms with Crippen LogP contribution in [0.4, 0.5) is 0 Å². The summed E-state index contributed by atoms with van der Waals surface area (Å²) in [5.41, 5.74) is 8.53. The Kier molecular flexibility index (Phi) is 5.63. The molecule has 0 aliphatic rings. The molecule has 0 unspecified atom stereocenters. The van der Waals surface area contributed by atoms with Crippen LogP contribution >= 0.6 is 0 Å². The maximum Gasteiger partial charge on any atom is 0.236 e. The van der Waals surface area contributed by atoms with Crippen molar-refractivity contribution in [3.05, 3.63) is 164 Å². The van der Waals surface area contributed by atoms with Crippen molar-refractivity contribution >= 4 is 76.2 Å². The van der Waals surface area contributed by atoms with E-state index in [-0.39, 0.29) is 0 Å². The van der Waals surface area contributed by atoms with Gasteiger partial charge in [-0.2, -0.15) is 0 Å². The molecular weight excluding hydrogens is 611 g/mol. The van der Waals surface area contributed by atoms with E-state index in [4.69, 9.17) is 14.4 Å². The number of nitrogens with zero attached hydrogens (tertiary/aromatic N) is 3. The third-order valence-electron chi connectivity index (χ3n) is 10.2. The largest absolute Gasteiger partial charge is 0.452 e. The zero-order valence-electron chi connectivity index (χ0n) is 26.8. The molecule has 0 aliphatic carbocycles.